The summed E-state index contributed by atoms with van der Waals surface area (Å²) >= 11 is 0. The van der Waals surface area contributed by atoms with Gasteiger partial charge in [0, 0.05) is 17.7 Å². The second kappa shape index (κ2) is 6.35. The average molecular weight is 290 g/mol. The van der Waals surface area contributed by atoms with Gasteiger partial charge in [-0.3, -0.25) is 0 Å². The lowest BCUT2D eigenvalue weighted by Crippen LogP contribution is -2.06. The Bertz CT molecular complexity index is 769. The summed E-state index contributed by atoms with van der Waals surface area (Å²) in [7, 11) is 0. The molecule has 0 bridgehead atoms. The number of nitrogens with one attached hydrogen (secondary N) is 1. The molecule has 1 heterocycles. The van der Waals surface area contributed by atoms with Crippen LogP contribution in [0.4, 0.5) is 5.82 Å². The number of benzene rings is 2. The molecule has 22 heavy (non-hydrogen) atoms. The average Bonchev–Trinajstić information content (AvgIpc) is 2.57. The van der Waals surface area contributed by atoms with Gasteiger partial charge in [0.2, 0.25) is 0 Å². The molecule has 3 aromatic rings. The quantitative estimate of drug-likeness (QED) is 0.790. The van der Waals surface area contributed by atoms with E-state index in [0.29, 0.717) is 5.82 Å². The summed E-state index contributed by atoms with van der Waals surface area (Å²) < 4.78 is 0. The van der Waals surface area contributed by atoms with E-state index in [2.05, 4.69) is 34.6 Å². The molecule has 3 rings (SSSR count). The van der Waals surface area contributed by atoms with Crippen molar-refractivity contribution in [3.05, 3.63) is 60.2 Å². The van der Waals surface area contributed by atoms with E-state index in [4.69, 9.17) is 4.98 Å². The van der Waals surface area contributed by atoms with Gasteiger partial charge < -0.3 is 5.32 Å². The molecular formula is C18H18N4. The largest absolute Gasteiger partial charge is 0.367 e. The molecule has 4 nitrogen and oxygen atoms in total. The number of hydrogen-bond acceptors (Lipinski definition) is 4. The Balaban J connectivity index is 2.15. The van der Waals surface area contributed by atoms with Gasteiger partial charge in [-0.1, -0.05) is 54.6 Å². The van der Waals surface area contributed by atoms with E-state index in [-0.39, 0.29) is 0 Å². The van der Waals surface area contributed by atoms with Crippen molar-refractivity contribution in [1.82, 2.24) is 15.2 Å². The zero-order chi connectivity index (χ0) is 15.4. The first kappa shape index (κ1) is 14.2. The van der Waals surface area contributed by atoms with Crippen LogP contribution in [0.1, 0.15) is 12.5 Å². The molecule has 0 radical (unpaired) electrons. The molecule has 0 spiro atoms. The fourth-order valence-electron chi connectivity index (χ4n) is 2.35. The summed E-state index contributed by atoms with van der Waals surface area (Å²) in [5, 5.41) is 11.8. The van der Waals surface area contributed by atoms with E-state index in [1.807, 2.05) is 49.4 Å². The maximum absolute atomic E-state index is 4.76. The van der Waals surface area contributed by atoms with Crippen LogP contribution in [-0.4, -0.2) is 21.7 Å². The summed E-state index contributed by atoms with van der Waals surface area (Å²) in [6.07, 6.45) is 0. The van der Waals surface area contributed by atoms with Crippen LogP contribution in [0.5, 0.6) is 0 Å². The fraction of sp³-hybridized carbons (Fsp3) is 0.167. The fourth-order valence-corrected chi connectivity index (χ4v) is 2.35. The first-order valence-corrected chi connectivity index (χ1v) is 7.39. The van der Waals surface area contributed by atoms with E-state index < -0.39 is 0 Å². The molecule has 0 fully saturated rings. The maximum atomic E-state index is 4.76. The number of anilines is 1. The second-order valence-electron chi connectivity index (χ2n) is 5.04. The third-order valence-electron chi connectivity index (χ3n) is 3.46. The molecule has 0 saturated heterocycles. The zero-order valence-electron chi connectivity index (χ0n) is 12.7. The van der Waals surface area contributed by atoms with Crippen molar-refractivity contribution in [3.8, 4) is 22.6 Å². The molecule has 0 aliphatic carbocycles. The van der Waals surface area contributed by atoms with Gasteiger partial charge in [-0.2, -0.15) is 0 Å². The highest BCUT2D eigenvalue weighted by Crippen LogP contribution is 2.28. The van der Waals surface area contributed by atoms with E-state index in [0.717, 1.165) is 29.2 Å². The summed E-state index contributed by atoms with van der Waals surface area (Å²) in [6.45, 7) is 4.89. The number of aryl methyl sites for hydroxylation is 1. The van der Waals surface area contributed by atoms with Gasteiger partial charge in [0.05, 0.1) is 0 Å². The van der Waals surface area contributed by atoms with Crippen LogP contribution in [0.3, 0.4) is 0 Å². The molecule has 0 aliphatic rings. The van der Waals surface area contributed by atoms with Crippen molar-refractivity contribution in [2.24, 2.45) is 0 Å². The monoisotopic (exact) mass is 290 g/mol. The SMILES string of the molecule is CCNc1nnc(-c2ccccc2)nc1-c1ccccc1C. The van der Waals surface area contributed by atoms with Crippen molar-refractivity contribution in [2.75, 3.05) is 11.9 Å². The number of nitrogens with zero attached hydrogens (tertiary/aromatic N) is 3. The molecular weight excluding hydrogens is 272 g/mol. The third-order valence-corrected chi connectivity index (χ3v) is 3.46. The molecule has 0 unspecified atom stereocenters. The molecule has 2 aromatic carbocycles. The van der Waals surface area contributed by atoms with Crippen LogP contribution in [0, 0.1) is 6.92 Å². The summed E-state index contributed by atoms with van der Waals surface area (Å²) in [4.78, 5) is 4.76. The van der Waals surface area contributed by atoms with Gasteiger partial charge in [-0.05, 0) is 19.4 Å². The van der Waals surface area contributed by atoms with Crippen molar-refractivity contribution in [2.45, 2.75) is 13.8 Å². The zero-order valence-corrected chi connectivity index (χ0v) is 12.7. The van der Waals surface area contributed by atoms with E-state index >= 15 is 0 Å². The van der Waals surface area contributed by atoms with Gasteiger partial charge in [0.15, 0.2) is 11.6 Å². The first-order chi connectivity index (χ1) is 10.8. The van der Waals surface area contributed by atoms with Crippen LogP contribution in [0.15, 0.2) is 54.6 Å². The Labute approximate surface area is 130 Å². The van der Waals surface area contributed by atoms with Gasteiger partial charge in [0.25, 0.3) is 0 Å². The topological polar surface area (TPSA) is 50.7 Å². The molecule has 1 N–H and O–H groups in total. The number of rotatable bonds is 4. The minimum atomic E-state index is 0.639. The van der Waals surface area contributed by atoms with E-state index in [9.17, 15) is 0 Å². The predicted octanol–water partition coefficient (Wildman–Crippen LogP) is 3.95. The maximum Gasteiger partial charge on any atom is 0.182 e. The highest BCUT2D eigenvalue weighted by Gasteiger charge is 2.13. The summed E-state index contributed by atoms with van der Waals surface area (Å²) in [6, 6.07) is 18.1. The van der Waals surface area contributed by atoms with Crippen LogP contribution >= 0.6 is 0 Å². The highest BCUT2D eigenvalue weighted by molar-refractivity contribution is 5.75. The van der Waals surface area contributed by atoms with Gasteiger partial charge in [-0.25, -0.2) is 4.98 Å². The Morgan fingerprint density at radius 3 is 2.36 bits per heavy atom. The van der Waals surface area contributed by atoms with Gasteiger partial charge >= 0.3 is 0 Å². The molecule has 110 valence electrons. The second-order valence-corrected chi connectivity index (χ2v) is 5.04. The molecule has 0 atom stereocenters. The van der Waals surface area contributed by atoms with Crippen molar-refractivity contribution < 1.29 is 0 Å². The van der Waals surface area contributed by atoms with Crippen LogP contribution in [0.25, 0.3) is 22.6 Å². The lowest BCUT2D eigenvalue weighted by molar-refractivity contribution is 0.972. The highest BCUT2D eigenvalue weighted by atomic mass is 15.2. The van der Waals surface area contributed by atoms with E-state index in [1.165, 1.54) is 5.56 Å². The third kappa shape index (κ3) is 2.81. The molecule has 4 heteroatoms. The Hall–Kier alpha value is -2.75. The first-order valence-electron chi connectivity index (χ1n) is 7.39. The standard InChI is InChI=1S/C18H18N4/c1-3-19-18-16(15-12-8-7-9-13(15)2)20-17(21-22-18)14-10-5-4-6-11-14/h4-12H,3H2,1-2H3,(H,19,22). The summed E-state index contributed by atoms with van der Waals surface area (Å²) in [5.74, 6) is 1.36. The van der Waals surface area contributed by atoms with Crippen molar-refractivity contribution >= 4 is 5.82 Å². The number of aromatic nitrogens is 3. The molecule has 1 aromatic heterocycles. The van der Waals surface area contributed by atoms with Crippen LogP contribution in [-0.2, 0) is 0 Å². The van der Waals surface area contributed by atoms with Crippen LogP contribution < -0.4 is 5.32 Å². The normalized spacial score (nSPS) is 10.5. The van der Waals surface area contributed by atoms with Crippen molar-refractivity contribution in [3.63, 3.8) is 0 Å². The van der Waals surface area contributed by atoms with E-state index in [1.54, 1.807) is 0 Å². The summed E-state index contributed by atoms with van der Waals surface area (Å²) in [5.41, 5.74) is 4.05. The molecule has 0 amide bonds. The lowest BCUT2D eigenvalue weighted by atomic mass is 10.1. The minimum Gasteiger partial charge on any atom is -0.367 e. The van der Waals surface area contributed by atoms with Crippen molar-refractivity contribution in [1.29, 1.82) is 0 Å². The smallest absolute Gasteiger partial charge is 0.182 e. The van der Waals surface area contributed by atoms with Gasteiger partial charge in [-0.15, -0.1) is 10.2 Å². The number of hydrogen-bond donors (Lipinski definition) is 1. The Morgan fingerprint density at radius 1 is 0.909 bits per heavy atom. The Morgan fingerprint density at radius 2 is 1.64 bits per heavy atom. The van der Waals surface area contributed by atoms with Crippen LogP contribution in [0.2, 0.25) is 0 Å². The lowest BCUT2D eigenvalue weighted by Gasteiger charge is -2.11. The minimum absolute atomic E-state index is 0.639. The molecule has 0 aliphatic heterocycles. The Kier molecular flexibility index (Phi) is 4.10. The predicted molar refractivity (Wildman–Crippen MR) is 89.6 cm³/mol. The molecule has 0 saturated carbocycles. The van der Waals surface area contributed by atoms with Gasteiger partial charge in [0.1, 0.15) is 5.69 Å².